The van der Waals surface area contributed by atoms with Crippen LogP contribution in [0, 0.1) is 0 Å². The Morgan fingerprint density at radius 1 is 0.857 bits per heavy atom. The first-order chi connectivity index (χ1) is 13.5. The van der Waals surface area contributed by atoms with Crippen molar-refractivity contribution in [1.82, 2.24) is 9.97 Å². The Hall–Kier alpha value is -3.94. The van der Waals surface area contributed by atoms with Gasteiger partial charge in [-0.1, -0.05) is 0 Å². The second-order valence-electron chi connectivity index (χ2n) is 5.85. The first-order valence-corrected chi connectivity index (χ1v) is 8.45. The fourth-order valence-electron chi connectivity index (χ4n) is 2.41. The predicted molar refractivity (Wildman–Crippen MR) is 107 cm³/mol. The van der Waals surface area contributed by atoms with E-state index in [-0.39, 0.29) is 17.5 Å². The number of ether oxygens (including phenoxy) is 1. The lowest BCUT2D eigenvalue weighted by molar-refractivity contribution is -0.114. The molecule has 0 aliphatic rings. The molecule has 0 unspecified atom stereocenters. The van der Waals surface area contributed by atoms with Crippen LogP contribution in [0.15, 0.2) is 60.9 Å². The van der Waals surface area contributed by atoms with Crippen molar-refractivity contribution in [2.75, 3.05) is 23.1 Å². The Balaban J connectivity index is 1.66. The fraction of sp³-hybridized carbons (Fsp3) is 0.100. The Kier molecular flexibility index (Phi) is 5.81. The summed E-state index contributed by atoms with van der Waals surface area (Å²) in [6.45, 7) is 1.43. The standard InChI is InChI=1S/C20H19N5O3/c1-13(26)23-14-3-5-16(6-4-14)25-20(27)18-11-19(22-12-21-18)24-15-7-9-17(28-2)10-8-15/h3-12H,1-2H3,(H,23,26)(H,25,27)(H,21,22,24). The van der Waals surface area contributed by atoms with Gasteiger partial charge in [0.15, 0.2) is 0 Å². The molecule has 2 amide bonds. The highest BCUT2D eigenvalue weighted by Gasteiger charge is 2.10. The van der Waals surface area contributed by atoms with Gasteiger partial charge in [-0.25, -0.2) is 9.97 Å². The van der Waals surface area contributed by atoms with Gasteiger partial charge < -0.3 is 20.7 Å². The number of aromatic nitrogens is 2. The van der Waals surface area contributed by atoms with Crippen LogP contribution < -0.4 is 20.7 Å². The van der Waals surface area contributed by atoms with Crippen LogP contribution in [-0.4, -0.2) is 28.9 Å². The topological polar surface area (TPSA) is 105 Å². The highest BCUT2D eigenvalue weighted by atomic mass is 16.5. The molecular formula is C20H19N5O3. The zero-order valence-corrected chi connectivity index (χ0v) is 15.4. The number of carbonyl (C=O) groups excluding carboxylic acids is 2. The van der Waals surface area contributed by atoms with Gasteiger partial charge in [-0.05, 0) is 48.5 Å². The smallest absolute Gasteiger partial charge is 0.274 e. The number of benzene rings is 2. The van der Waals surface area contributed by atoms with Crippen molar-refractivity contribution in [3.8, 4) is 5.75 Å². The van der Waals surface area contributed by atoms with Gasteiger partial charge in [-0.2, -0.15) is 0 Å². The molecule has 1 heterocycles. The maximum atomic E-state index is 12.4. The second-order valence-corrected chi connectivity index (χ2v) is 5.85. The number of rotatable bonds is 6. The third kappa shape index (κ3) is 5.04. The molecule has 8 nitrogen and oxygen atoms in total. The van der Waals surface area contributed by atoms with Gasteiger partial charge in [0, 0.05) is 30.1 Å². The lowest BCUT2D eigenvalue weighted by Crippen LogP contribution is -2.14. The summed E-state index contributed by atoms with van der Waals surface area (Å²) in [7, 11) is 1.60. The molecule has 28 heavy (non-hydrogen) atoms. The van der Waals surface area contributed by atoms with Crippen LogP contribution in [0.3, 0.4) is 0 Å². The average molecular weight is 377 g/mol. The lowest BCUT2D eigenvalue weighted by atomic mass is 10.2. The average Bonchev–Trinajstić information content (AvgIpc) is 2.70. The Morgan fingerprint density at radius 3 is 2.07 bits per heavy atom. The summed E-state index contributed by atoms with van der Waals surface area (Å²) in [6.07, 6.45) is 1.32. The minimum Gasteiger partial charge on any atom is -0.497 e. The minimum atomic E-state index is -0.368. The first kappa shape index (κ1) is 18.8. The van der Waals surface area contributed by atoms with E-state index in [9.17, 15) is 9.59 Å². The van der Waals surface area contributed by atoms with Crippen molar-refractivity contribution >= 4 is 34.7 Å². The van der Waals surface area contributed by atoms with E-state index < -0.39 is 0 Å². The van der Waals surface area contributed by atoms with Crippen molar-refractivity contribution in [3.05, 3.63) is 66.6 Å². The number of anilines is 4. The van der Waals surface area contributed by atoms with Gasteiger partial charge in [0.1, 0.15) is 23.6 Å². The second kappa shape index (κ2) is 8.63. The van der Waals surface area contributed by atoms with E-state index in [4.69, 9.17) is 4.74 Å². The molecule has 0 saturated heterocycles. The number of carbonyl (C=O) groups is 2. The molecule has 0 radical (unpaired) electrons. The van der Waals surface area contributed by atoms with Crippen LogP contribution in [0.1, 0.15) is 17.4 Å². The number of methoxy groups -OCH3 is 1. The van der Waals surface area contributed by atoms with Crippen LogP contribution >= 0.6 is 0 Å². The van der Waals surface area contributed by atoms with Crippen molar-refractivity contribution in [2.45, 2.75) is 6.92 Å². The molecule has 0 spiro atoms. The molecule has 0 fully saturated rings. The summed E-state index contributed by atoms with van der Waals surface area (Å²) < 4.78 is 5.13. The van der Waals surface area contributed by atoms with E-state index in [2.05, 4.69) is 25.9 Å². The van der Waals surface area contributed by atoms with Gasteiger partial charge >= 0.3 is 0 Å². The molecule has 1 aromatic heterocycles. The third-order valence-electron chi connectivity index (χ3n) is 3.73. The number of hydrogen-bond donors (Lipinski definition) is 3. The number of hydrogen-bond acceptors (Lipinski definition) is 6. The summed E-state index contributed by atoms with van der Waals surface area (Å²) in [6, 6.07) is 15.7. The van der Waals surface area contributed by atoms with Gasteiger partial charge in [0.05, 0.1) is 7.11 Å². The molecule has 0 aliphatic carbocycles. The number of nitrogens with one attached hydrogen (secondary N) is 3. The zero-order valence-electron chi connectivity index (χ0n) is 15.4. The van der Waals surface area contributed by atoms with Crippen molar-refractivity contribution in [1.29, 1.82) is 0 Å². The summed E-state index contributed by atoms with van der Waals surface area (Å²) in [5.41, 5.74) is 2.26. The van der Waals surface area contributed by atoms with Gasteiger partial charge in [-0.3, -0.25) is 9.59 Å². The highest BCUT2D eigenvalue weighted by molar-refractivity contribution is 6.03. The van der Waals surface area contributed by atoms with E-state index in [1.165, 1.54) is 13.3 Å². The van der Waals surface area contributed by atoms with Crippen LogP contribution in [0.25, 0.3) is 0 Å². The SMILES string of the molecule is COc1ccc(Nc2cc(C(=O)Nc3ccc(NC(C)=O)cc3)ncn2)cc1. The monoisotopic (exact) mass is 377 g/mol. The van der Waals surface area contributed by atoms with Gasteiger partial charge in [0.25, 0.3) is 5.91 Å². The first-order valence-electron chi connectivity index (χ1n) is 8.45. The molecule has 3 aromatic rings. The maximum Gasteiger partial charge on any atom is 0.274 e. The van der Waals surface area contributed by atoms with Crippen LogP contribution in [0.2, 0.25) is 0 Å². The zero-order chi connectivity index (χ0) is 19.9. The summed E-state index contributed by atoms with van der Waals surface area (Å²) in [5.74, 6) is 0.714. The quantitative estimate of drug-likeness (QED) is 0.608. The minimum absolute atomic E-state index is 0.158. The van der Waals surface area contributed by atoms with E-state index in [1.54, 1.807) is 37.4 Å². The summed E-state index contributed by atoms with van der Waals surface area (Å²) >= 11 is 0. The number of nitrogens with zero attached hydrogens (tertiary/aromatic N) is 2. The van der Waals surface area contributed by atoms with Gasteiger partial charge in [-0.15, -0.1) is 0 Å². The van der Waals surface area contributed by atoms with E-state index in [0.29, 0.717) is 17.2 Å². The lowest BCUT2D eigenvalue weighted by Gasteiger charge is -2.09. The fourth-order valence-corrected chi connectivity index (χ4v) is 2.41. The third-order valence-corrected chi connectivity index (χ3v) is 3.73. The molecule has 142 valence electrons. The predicted octanol–water partition coefficient (Wildman–Crippen LogP) is 3.44. The summed E-state index contributed by atoms with van der Waals surface area (Å²) in [4.78, 5) is 31.7. The number of amides is 2. The molecule has 0 aliphatic heterocycles. The molecule has 0 atom stereocenters. The van der Waals surface area contributed by atoms with Crippen LogP contribution in [-0.2, 0) is 4.79 Å². The van der Waals surface area contributed by atoms with Crippen LogP contribution in [0.4, 0.5) is 22.9 Å². The van der Waals surface area contributed by atoms with E-state index in [0.717, 1.165) is 11.4 Å². The Bertz CT molecular complexity index is 972. The normalized spacial score (nSPS) is 10.1. The van der Waals surface area contributed by atoms with E-state index >= 15 is 0 Å². The molecule has 3 rings (SSSR count). The largest absolute Gasteiger partial charge is 0.497 e. The molecule has 2 aromatic carbocycles. The summed E-state index contributed by atoms with van der Waals surface area (Å²) in [5, 5.41) is 8.54. The van der Waals surface area contributed by atoms with Crippen molar-refractivity contribution in [2.24, 2.45) is 0 Å². The molecular weight excluding hydrogens is 358 g/mol. The van der Waals surface area contributed by atoms with E-state index in [1.807, 2.05) is 24.3 Å². The Morgan fingerprint density at radius 2 is 1.46 bits per heavy atom. The molecule has 8 heteroatoms. The Labute approximate surface area is 162 Å². The maximum absolute atomic E-state index is 12.4. The van der Waals surface area contributed by atoms with Crippen molar-refractivity contribution < 1.29 is 14.3 Å². The van der Waals surface area contributed by atoms with Crippen LogP contribution in [0.5, 0.6) is 5.75 Å². The van der Waals surface area contributed by atoms with Crippen molar-refractivity contribution in [3.63, 3.8) is 0 Å². The highest BCUT2D eigenvalue weighted by Crippen LogP contribution is 2.19. The molecule has 0 saturated carbocycles. The van der Waals surface area contributed by atoms with Gasteiger partial charge in [0.2, 0.25) is 5.91 Å². The molecule has 3 N–H and O–H groups in total. The molecule has 0 bridgehead atoms.